The molecule has 10 nitrogen and oxygen atoms in total. The largest absolute Gasteiger partial charge is 0.462 e. The normalized spacial score (nSPS) is 15.4. The van der Waals surface area contributed by atoms with Crippen LogP contribution in [0, 0.1) is 17.1 Å². The van der Waals surface area contributed by atoms with Crippen LogP contribution in [0.2, 0.25) is 0 Å². The van der Waals surface area contributed by atoms with Crippen molar-refractivity contribution in [2.24, 2.45) is 0 Å². The molecular formula is C23H27FN6O4S. The number of carbonyl (C=O) groups is 2. The number of thiazole rings is 1. The molecule has 1 aliphatic rings. The van der Waals surface area contributed by atoms with E-state index >= 15 is 0 Å². The fraction of sp³-hybridized carbons (Fsp3) is 0.391. The Bertz CT molecular complexity index is 1320. The van der Waals surface area contributed by atoms with E-state index in [1.54, 1.807) is 18.7 Å². The molecule has 35 heavy (non-hydrogen) atoms. The third-order valence-electron chi connectivity index (χ3n) is 5.40. The Hall–Kier alpha value is -3.69. The van der Waals surface area contributed by atoms with E-state index in [1.165, 1.54) is 29.0 Å². The molecule has 2 amide bonds. The first-order valence-corrected chi connectivity index (χ1v) is 11.9. The molecule has 0 bridgehead atoms. The number of amides is 2. The van der Waals surface area contributed by atoms with Crippen LogP contribution < -0.4 is 25.4 Å². The maximum atomic E-state index is 14.3. The number of anilines is 2. The van der Waals surface area contributed by atoms with Gasteiger partial charge in [0.2, 0.25) is 0 Å². The lowest BCUT2D eigenvalue weighted by atomic mass is 10.2. The van der Waals surface area contributed by atoms with Crippen molar-refractivity contribution in [3.8, 4) is 6.07 Å². The van der Waals surface area contributed by atoms with Crippen LogP contribution in [0.1, 0.15) is 13.8 Å². The average molecular weight is 503 g/mol. The number of ether oxygens (including phenoxy) is 1. The van der Waals surface area contributed by atoms with E-state index in [0.29, 0.717) is 18.8 Å². The summed E-state index contributed by atoms with van der Waals surface area (Å²) in [5, 5.41) is 15.0. The maximum absolute atomic E-state index is 14.3. The predicted molar refractivity (Wildman–Crippen MR) is 132 cm³/mol. The number of benzene rings is 1. The van der Waals surface area contributed by atoms with Crippen molar-refractivity contribution in [1.29, 1.82) is 5.26 Å². The fourth-order valence-corrected chi connectivity index (χ4v) is 4.52. The standard InChI is InChI=1S/C23H27FN6O4S/c1-4-30-20(31)19(35-21(30)16(13-25)22(32)34-5-2)14-26-15-6-7-17(24)18(12-15)27-23(33)29-10-8-28(3)9-11-29/h6-7,12,14,26H,4-5,8-11H2,1-3H3,(H,27,33)/b19-14+,21-16+. The lowest BCUT2D eigenvalue weighted by molar-refractivity contribution is -0.136. The fourth-order valence-electron chi connectivity index (χ4n) is 3.44. The smallest absolute Gasteiger partial charge is 0.351 e. The highest BCUT2D eigenvalue weighted by molar-refractivity contribution is 7.07. The first-order chi connectivity index (χ1) is 16.8. The zero-order valence-electron chi connectivity index (χ0n) is 19.8. The number of nitrogens with one attached hydrogen (secondary N) is 2. The number of rotatable bonds is 6. The Morgan fingerprint density at radius 2 is 1.97 bits per heavy atom. The second kappa shape index (κ2) is 11.6. The van der Waals surface area contributed by atoms with Gasteiger partial charge >= 0.3 is 12.0 Å². The molecule has 2 N–H and O–H groups in total. The summed E-state index contributed by atoms with van der Waals surface area (Å²) in [6.45, 7) is 6.29. The minimum atomic E-state index is -0.794. The highest BCUT2D eigenvalue weighted by Crippen LogP contribution is 2.20. The molecule has 1 aliphatic heterocycles. The summed E-state index contributed by atoms with van der Waals surface area (Å²) in [6, 6.07) is 5.55. The molecule has 1 aromatic carbocycles. The molecule has 0 radical (unpaired) electrons. The van der Waals surface area contributed by atoms with E-state index in [-0.39, 0.29) is 45.2 Å². The number of urea groups is 1. The van der Waals surface area contributed by atoms with Gasteiger partial charge in [-0.05, 0) is 39.1 Å². The second-order valence-corrected chi connectivity index (χ2v) is 8.76. The third-order valence-corrected chi connectivity index (χ3v) is 6.53. The molecule has 0 saturated carbocycles. The molecule has 0 spiro atoms. The number of nitriles is 1. The molecule has 0 unspecified atom stereocenters. The molecule has 0 atom stereocenters. The lowest BCUT2D eigenvalue weighted by Gasteiger charge is -2.32. The van der Waals surface area contributed by atoms with Crippen molar-refractivity contribution in [3.63, 3.8) is 0 Å². The molecule has 186 valence electrons. The third kappa shape index (κ3) is 6.06. The minimum Gasteiger partial charge on any atom is -0.462 e. The predicted octanol–water partition coefficient (Wildman–Crippen LogP) is 0.936. The minimum absolute atomic E-state index is 0.00702. The Morgan fingerprint density at radius 1 is 1.26 bits per heavy atom. The van der Waals surface area contributed by atoms with Gasteiger partial charge in [0.05, 0.1) is 12.3 Å². The van der Waals surface area contributed by atoms with Gasteiger partial charge in [0.1, 0.15) is 21.1 Å². The zero-order chi connectivity index (χ0) is 25.5. The van der Waals surface area contributed by atoms with E-state index in [4.69, 9.17) is 4.74 Å². The van der Waals surface area contributed by atoms with Gasteiger partial charge in [0.25, 0.3) is 5.56 Å². The average Bonchev–Trinajstić information content (AvgIpc) is 3.15. The van der Waals surface area contributed by atoms with Gasteiger partial charge in [-0.1, -0.05) is 0 Å². The number of esters is 1. The van der Waals surface area contributed by atoms with Crippen molar-refractivity contribution in [2.45, 2.75) is 20.4 Å². The summed E-state index contributed by atoms with van der Waals surface area (Å²) in [4.78, 5) is 41.2. The van der Waals surface area contributed by atoms with Crippen molar-refractivity contribution in [3.05, 3.63) is 43.6 Å². The summed E-state index contributed by atoms with van der Waals surface area (Å²) in [5.74, 6) is -1.38. The number of piperazine rings is 1. The van der Waals surface area contributed by atoms with Gasteiger partial charge in [0, 0.05) is 44.6 Å². The first kappa shape index (κ1) is 25.9. The van der Waals surface area contributed by atoms with E-state index in [2.05, 4.69) is 15.5 Å². The summed E-state index contributed by atoms with van der Waals surface area (Å²) >= 11 is 0.971. The highest BCUT2D eigenvalue weighted by Gasteiger charge is 2.20. The van der Waals surface area contributed by atoms with E-state index in [1.807, 2.05) is 13.1 Å². The maximum Gasteiger partial charge on any atom is 0.351 e. The van der Waals surface area contributed by atoms with Gasteiger partial charge in [-0.15, -0.1) is 11.3 Å². The van der Waals surface area contributed by atoms with Crippen LogP contribution in [-0.4, -0.2) is 66.2 Å². The van der Waals surface area contributed by atoms with Gasteiger partial charge < -0.3 is 25.2 Å². The summed E-state index contributed by atoms with van der Waals surface area (Å²) in [6.07, 6.45) is 1.42. The monoisotopic (exact) mass is 502 g/mol. The number of hydrogen-bond donors (Lipinski definition) is 2. The van der Waals surface area contributed by atoms with Crippen LogP contribution in [0.5, 0.6) is 0 Å². The van der Waals surface area contributed by atoms with E-state index < -0.39 is 11.8 Å². The molecule has 1 aromatic heterocycles. The van der Waals surface area contributed by atoms with Crippen molar-refractivity contribution in [2.75, 3.05) is 50.5 Å². The van der Waals surface area contributed by atoms with Gasteiger partial charge in [-0.3, -0.25) is 9.36 Å². The summed E-state index contributed by atoms with van der Waals surface area (Å²) in [5.41, 5.74) is -0.186. The second-order valence-electron chi connectivity index (χ2n) is 7.73. The van der Waals surface area contributed by atoms with Gasteiger partial charge in [-0.25, -0.2) is 14.0 Å². The van der Waals surface area contributed by atoms with Crippen molar-refractivity contribution in [1.82, 2.24) is 14.4 Å². The number of carbonyl (C=O) groups excluding carboxylic acids is 2. The van der Waals surface area contributed by atoms with Crippen LogP contribution in [0.4, 0.5) is 20.6 Å². The quantitative estimate of drug-likeness (QED) is 0.564. The van der Waals surface area contributed by atoms with Crippen LogP contribution >= 0.6 is 11.3 Å². The lowest BCUT2D eigenvalue weighted by Crippen LogP contribution is -2.48. The molecule has 12 heteroatoms. The topological polar surface area (TPSA) is 120 Å². The van der Waals surface area contributed by atoms with Crippen LogP contribution in [-0.2, 0) is 16.1 Å². The number of halogens is 1. The number of hydrogen-bond acceptors (Lipinski definition) is 8. The Balaban J connectivity index is 1.87. The molecule has 2 aromatic rings. The van der Waals surface area contributed by atoms with Crippen molar-refractivity contribution < 1.29 is 18.7 Å². The molecule has 0 aliphatic carbocycles. The molecule has 1 saturated heterocycles. The van der Waals surface area contributed by atoms with Gasteiger partial charge in [0.15, 0.2) is 5.57 Å². The Morgan fingerprint density at radius 3 is 2.60 bits per heavy atom. The molecular weight excluding hydrogens is 475 g/mol. The number of nitrogens with zero attached hydrogens (tertiary/aromatic N) is 4. The molecule has 1 fully saturated rings. The summed E-state index contributed by atoms with van der Waals surface area (Å²) < 4.78 is 21.0. The first-order valence-electron chi connectivity index (χ1n) is 11.1. The zero-order valence-corrected chi connectivity index (χ0v) is 20.6. The van der Waals surface area contributed by atoms with Crippen molar-refractivity contribution >= 4 is 46.5 Å². The van der Waals surface area contributed by atoms with Crippen LogP contribution in [0.25, 0.3) is 11.8 Å². The van der Waals surface area contributed by atoms with Crippen LogP contribution in [0.3, 0.4) is 0 Å². The van der Waals surface area contributed by atoms with E-state index in [9.17, 15) is 24.0 Å². The number of likely N-dealkylation sites (N-methyl/N-ethyl adjacent to an activating group) is 1. The van der Waals surface area contributed by atoms with Gasteiger partial charge in [-0.2, -0.15) is 5.26 Å². The highest BCUT2D eigenvalue weighted by atomic mass is 32.1. The summed E-state index contributed by atoms with van der Waals surface area (Å²) in [7, 11) is 1.97. The Kier molecular flexibility index (Phi) is 8.62. The SMILES string of the molecule is CCOC(=O)/C(C#N)=c1/s/c(=C/Nc2ccc(F)c(NC(=O)N3CCN(C)CC3)c2)c(=O)n1CC. The molecule has 2 heterocycles. The molecule has 3 rings (SSSR count). The van der Waals surface area contributed by atoms with E-state index in [0.717, 1.165) is 24.4 Å². The Labute approximate surface area is 205 Å². The number of aromatic nitrogens is 1. The van der Waals surface area contributed by atoms with Crippen LogP contribution in [0.15, 0.2) is 23.0 Å².